The van der Waals surface area contributed by atoms with E-state index in [0.29, 0.717) is 13.0 Å². The third-order valence-corrected chi connectivity index (χ3v) is 2.95. The van der Waals surface area contributed by atoms with Crippen molar-refractivity contribution < 1.29 is 19.7 Å². The molecule has 6 heteroatoms. The molecular formula is C18H38BNO4. The first-order valence-corrected chi connectivity index (χ1v) is 8.42. The summed E-state index contributed by atoms with van der Waals surface area (Å²) in [6.45, 7) is 18.2. The van der Waals surface area contributed by atoms with Crippen LogP contribution in [0, 0.1) is 0 Å². The van der Waals surface area contributed by atoms with Gasteiger partial charge in [-0.15, -0.1) is 5.47 Å². The molecule has 0 aromatic heterocycles. The van der Waals surface area contributed by atoms with Crippen molar-refractivity contribution in [1.82, 2.24) is 5.32 Å². The molecule has 0 fully saturated rings. The van der Waals surface area contributed by atoms with Crippen molar-refractivity contribution in [2.75, 3.05) is 6.54 Å². The van der Waals surface area contributed by atoms with Crippen LogP contribution in [0.2, 0.25) is 0 Å². The van der Waals surface area contributed by atoms with Gasteiger partial charge in [-0.05, 0) is 61.8 Å². The summed E-state index contributed by atoms with van der Waals surface area (Å²) in [7, 11) is 5.56. The average Bonchev–Trinajstić information content (AvgIpc) is 2.37. The molecule has 3 N–H and O–H groups in total. The number of nitrogens with one attached hydrogen (secondary N) is 1. The van der Waals surface area contributed by atoms with E-state index in [-0.39, 0.29) is 0 Å². The van der Waals surface area contributed by atoms with Crippen LogP contribution in [0.5, 0.6) is 0 Å². The minimum atomic E-state index is -1.01. The van der Waals surface area contributed by atoms with E-state index in [1.165, 1.54) is 0 Å². The van der Waals surface area contributed by atoms with Gasteiger partial charge >= 0.3 is 6.09 Å². The highest BCUT2D eigenvalue weighted by Gasteiger charge is 2.31. The largest absolute Gasteiger partial charge is 0.444 e. The molecule has 0 bridgehead atoms. The van der Waals surface area contributed by atoms with E-state index < -0.39 is 22.9 Å². The SMILES string of the molecule is CC.CC(C)(O)C(C)(C)O.[B]/C(=C/C)CCNC(=O)OC(C)(C)C. The number of allylic oxidation sites excluding steroid dienone is 1. The normalized spacial score (nSPS) is 12.2. The average molecular weight is 343 g/mol. The van der Waals surface area contributed by atoms with E-state index in [1.807, 2.05) is 47.6 Å². The Morgan fingerprint density at radius 1 is 1.04 bits per heavy atom. The minimum absolute atomic E-state index is 0.401. The molecule has 1 amide bonds. The Labute approximate surface area is 150 Å². The number of alkyl carbamates (subject to hydrolysis) is 1. The third-order valence-electron chi connectivity index (χ3n) is 2.95. The molecular weight excluding hydrogens is 305 g/mol. The van der Waals surface area contributed by atoms with Gasteiger partial charge in [0.25, 0.3) is 0 Å². The lowest BCUT2D eigenvalue weighted by Crippen LogP contribution is -2.44. The van der Waals surface area contributed by atoms with Gasteiger partial charge in [0, 0.05) is 6.54 Å². The first kappa shape index (κ1) is 27.8. The van der Waals surface area contributed by atoms with Crippen molar-refractivity contribution in [3.8, 4) is 0 Å². The summed E-state index contributed by atoms with van der Waals surface area (Å²) in [6.07, 6.45) is 2.06. The molecule has 2 radical (unpaired) electrons. The number of hydrogen-bond acceptors (Lipinski definition) is 4. The molecule has 0 spiro atoms. The summed E-state index contributed by atoms with van der Waals surface area (Å²) in [5, 5.41) is 20.8. The molecule has 0 rings (SSSR count). The Bertz CT molecular complexity index is 349. The lowest BCUT2D eigenvalue weighted by Gasteiger charge is -2.31. The maximum Gasteiger partial charge on any atom is 0.407 e. The molecule has 0 heterocycles. The fraction of sp³-hybridized carbons (Fsp3) is 0.833. The molecule has 24 heavy (non-hydrogen) atoms. The summed E-state index contributed by atoms with van der Waals surface area (Å²) >= 11 is 0. The minimum Gasteiger partial charge on any atom is -0.444 e. The molecule has 0 aromatic carbocycles. The van der Waals surface area contributed by atoms with Gasteiger partial charge in [-0.25, -0.2) is 4.79 Å². The zero-order valence-corrected chi connectivity index (χ0v) is 17.3. The smallest absolute Gasteiger partial charge is 0.407 e. The number of carbonyl (C=O) groups excluding carboxylic acids is 1. The molecule has 142 valence electrons. The van der Waals surface area contributed by atoms with Crippen molar-refractivity contribution in [2.24, 2.45) is 0 Å². The maximum absolute atomic E-state index is 11.1. The second kappa shape index (κ2) is 12.4. The van der Waals surface area contributed by atoms with E-state index >= 15 is 0 Å². The van der Waals surface area contributed by atoms with Crippen LogP contribution in [0.4, 0.5) is 4.79 Å². The second-order valence-corrected chi connectivity index (χ2v) is 7.16. The molecule has 0 aromatic rings. The first-order valence-electron chi connectivity index (χ1n) is 8.42. The van der Waals surface area contributed by atoms with Gasteiger partial charge < -0.3 is 20.3 Å². The Morgan fingerprint density at radius 2 is 1.42 bits per heavy atom. The predicted octanol–water partition coefficient (Wildman–Crippen LogP) is 3.53. The van der Waals surface area contributed by atoms with Crippen LogP contribution in [0.1, 0.15) is 75.7 Å². The molecule has 0 aliphatic carbocycles. The van der Waals surface area contributed by atoms with Crippen LogP contribution < -0.4 is 5.32 Å². The topological polar surface area (TPSA) is 78.8 Å². The lowest BCUT2D eigenvalue weighted by atomic mass is 9.90. The van der Waals surface area contributed by atoms with Crippen molar-refractivity contribution in [1.29, 1.82) is 0 Å². The molecule has 0 unspecified atom stereocenters. The molecule has 5 nitrogen and oxygen atoms in total. The summed E-state index contributed by atoms with van der Waals surface area (Å²) in [5.41, 5.74) is -1.70. The molecule has 0 saturated heterocycles. The van der Waals surface area contributed by atoms with Crippen LogP contribution in [0.15, 0.2) is 11.5 Å². The van der Waals surface area contributed by atoms with Gasteiger partial charge in [0.15, 0.2) is 0 Å². The summed E-state index contributed by atoms with van der Waals surface area (Å²) in [4.78, 5) is 11.1. The van der Waals surface area contributed by atoms with Crippen molar-refractivity contribution in [2.45, 2.75) is 92.5 Å². The quantitative estimate of drug-likeness (QED) is 0.683. The standard InChI is InChI=1S/C10H18BNO2.C6H14O2.C2H6/c1-5-8(11)6-7-12-9(13)14-10(2,3)4;1-5(2,7)6(3,4)8;1-2/h5H,6-7H2,1-4H3,(H,12,13);7-8H,1-4H3;1-2H3/b8-5+;;. The fourth-order valence-corrected chi connectivity index (χ4v) is 0.767. The van der Waals surface area contributed by atoms with E-state index in [4.69, 9.17) is 22.8 Å². The zero-order valence-electron chi connectivity index (χ0n) is 17.3. The molecule has 0 saturated carbocycles. The van der Waals surface area contributed by atoms with E-state index in [1.54, 1.807) is 27.7 Å². The van der Waals surface area contributed by atoms with Crippen molar-refractivity contribution >= 4 is 13.9 Å². The number of carbonyl (C=O) groups is 1. The fourth-order valence-electron chi connectivity index (χ4n) is 0.767. The van der Waals surface area contributed by atoms with Gasteiger partial charge in [-0.2, -0.15) is 0 Å². The van der Waals surface area contributed by atoms with Gasteiger partial charge in [0.05, 0.1) is 11.2 Å². The Morgan fingerprint density at radius 3 is 1.67 bits per heavy atom. The number of rotatable bonds is 4. The highest BCUT2D eigenvalue weighted by Crippen LogP contribution is 2.19. The summed E-state index contributed by atoms with van der Waals surface area (Å²) in [6, 6.07) is 0. The molecule has 0 aliphatic heterocycles. The molecule has 0 atom stereocenters. The highest BCUT2D eigenvalue weighted by atomic mass is 16.6. The number of aliphatic hydroxyl groups is 2. The predicted molar refractivity (Wildman–Crippen MR) is 102 cm³/mol. The van der Waals surface area contributed by atoms with Crippen molar-refractivity contribution in [3.63, 3.8) is 0 Å². The van der Waals surface area contributed by atoms with Crippen molar-refractivity contribution in [3.05, 3.63) is 11.5 Å². The van der Waals surface area contributed by atoms with Crippen LogP contribution in [0.3, 0.4) is 0 Å². The van der Waals surface area contributed by atoms with Gasteiger partial charge in [-0.1, -0.05) is 19.9 Å². The second-order valence-electron chi connectivity index (χ2n) is 7.16. The van der Waals surface area contributed by atoms with Crippen LogP contribution in [-0.2, 0) is 4.74 Å². The van der Waals surface area contributed by atoms with Gasteiger partial charge in [0.1, 0.15) is 13.4 Å². The summed E-state index contributed by atoms with van der Waals surface area (Å²) < 4.78 is 5.04. The van der Waals surface area contributed by atoms with E-state index in [0.717, 1.165) is 5.47 Å². The number of hydrogen-bond donors (Lipinski definition) is 3. The Balaban J connectivity index is -0.000000374. The number of ether oxygens (including phenoxy) is 1. The molecule has 0 aliphatic rings. The van der Waals surface area contributed by atoms with Gasteiger partial charge in [-0.3, -0.25) is 0 Å². The van der Waals surface area contributed by atoms with E-state index in [2.05, 4.69) is 5.32 Å². The van der Waals surface area contributed by atoms with Crippen LogP contribution in [0.25, 0.3) is 0 Å². The third kappa shape index (κ3) is 19.0. The highest BCUT2D eigenvalue weighted by molar-refractivity contribution is 6.21. The van der Waals surface area contributed by atoms with E-state index in [9.17, 15) is 4.79 Å². The van der Waals surface area contributed by atoms with Crippen LogP contribution >= 0.6 is 0 Å². The van der Waals surface area contributed by atoms with Gasteiger partial charge in [0.2, 0.25) is 0 Å². The zero-order chi connectivity index (χ0) is 20.2. The van der Waals surface area contributed by atoms with Crippen LogP contribution in [-0.4, -0.2) is 47.5 Å². The lowest BCUT2D eigenvalue weighted by molar-refractivity contribution is -0.107. The summed E-state index contributed by atoms with van der Waals surface area (Å²) in [5.74, 6) is 0. The Kier molecular flexibility index (Phi) is 14.3. The monoisotopic (exact) mass is 343 g/mol. The number of amides is 1. The first-order chi connectivity index (χ1) is 10.6. The Hall–Kier alpha value is -1.01. The maximum atomic E-state index is 11.1.